The first-order chi connectivity index (χ1) is 9.86. The zero-order valence-corrected chi connectivity index (χ0v) is 11.1. The smallest absolute Gasteiger partial charge is 0.231 e. The lowest BCUT2D eigenvalue weighted by molar-refractivity contribution is 0.174. The van der Waals surface area contributed by atoms with Crippen LogP contribution in [0.25, 0.3) is 5.69 Å². The van der Waals surface area contributed by atoms with Crippen LogP contribution in [0.4, 0.5) is 0 Å². The van der Waals surface area contributed by atoms with Gasteiger partial charge < -0.3 is 15.2 Å². The quantitative estimate of drug-likeness (QED) is 0.920. The Morgan fingerprint density at radius 3 is 2.85 bits per heavy atom. The minimum Gasteiger partial charge on any atom is -0.454 e. The van der Waals surface area contributed by atoms with Crippen LogP contribution in [-0.2, 0) is 6.54 Å². The molecule has 104 valence electrons. The highest BCUT2D eigenvalue weighted by Crippen LogP contribution is 2.39. The Balaban J connectivity index is 1.79. The van der Waals surface area contributed by atoms with Gasteiger partial charge in [-0.3, -0.25) is 0 Å². The topological polar surface area (TPSA) is 75.2 Å². The molecule has 0 saturated heterocycles. The summed E-state index contributed by atoms with van der Waals surface area (Å²) in [4.78, 5) is 0. The normalized spacial score (nSPS) is 17.2. The summed E-state index contributed by atoms with van der Waals surface area (Å²) in [5, 5.41) is 8.50. The van der Waals surface area contributed by atoms with E-state index in [-0.39, 0.29) is 6.79 Å². The van der Waals surface area contributed by atoms with Crippen LogP contribution in [0.1, 0.15) is 36.6 Å². The summed E-state index contributed by atoms with van der Waals surface area (Å²) >= 11 is 0. The Hall–Kier alpha value is -2.08. The molecular weight excluding hydrogens is 256 g/mol. The van der Waals surface area contributed by atoms with Gasteiger partial charge in [0.25, 0.3) is 0 Å². The minimum absolute atomic E-state index is 0.277. The van der Waals surface area contributed by atoms with Gasteiger partial charge in [-0.15, -0.1) is 5.10 Å². The van der Waals surface area contributed by atoms with Gasteiger partial charge in [0, 0.05) is 18.5 Å². The number of aromatic nitrogens is 3. The van der Waals surface area contributed by atoms with Crippen molar-refractivity contribution in [2.75, 3.05) is 6.79 Å². The summed E-state index contributed by atoms with van der Waals surface area (Å²) in [5.74, 6) is 2.05. The molecule has 0 spiro atoms. The molecule has 1 aliphatic heterocycles. The second-order valence-corrected chi connectivity index (χ2v) is 5.20. The Morgan fingerprint density at radius 2 is 2.10 bits per heavy atom. The van der Waals surface area contributed by atoms with Gasteiger partial charge in [0.1, 0.15) is 5.69 Å². The number of benzene rings is 1. The highest BCUT2D eigenvalue weighted by molar-refractivity contribution is 5.50. The molecule has 6 heteroatoms. The molecule has 6 nitrogen and oxygen atoms in total. The fourth-order valence-electron chi connectivity index (χ4n) is 2.76. The standard InChI is InChI=1S/C14H16N4O2/c15-7-11-14(9-2-1-3-9)18(17-16-11)10-4-5-12-13(6-10)20-8-19-12/h4-6,9H,1-3,7-8,15H2. The van der Waals surface area contributed by atoms with Crippen LogP contribution in [0.5, 0.6) is 11.5 Å². The molecule has 2 heterocycles. The number of ether oxygens (including phenoxy) is 2. The molecule has 20 heavy (non-hydrogen) atoms. The summed E-state index contributed by atoms with van der Waals surface area (Å²) < 4.78 is 12.7. The van der Waals surface area contributed by atoms with Gasteiger partial charge in [0.2, 0.25) is 6.79 Å². The molecule has 1 saturated carbocycles. The van der Waals surface area contributed by atoms with Crippen LogP contribution in [-0.4, -0.2) is 21.8 Å². The van der Waals surface area contributed by atoms with Gasteiger partial charge in [0.05, 0.1) is 11.4 Å². The molecule has 1 aliphatic carbocycles. The van der Waals surface area contributed by atoms with E-state index in [1.807, 2.05) is 22.9 Å². The third-order valence-corrected chi connectivity index (χ3v) is 4.06. The average molecular weight is 272 g/mol. The summed E-state index contributed by atoms with van der Waals surface area (Å²) in [6.07, 6.45) is 3.64. The number of hydrogen-bond acceptors (Lipinski definition) is 5. The largest absolute Gasteiger partial charge is 0.454 e. The number of rotatable bonds is 3. The second-order valence-electron chi connectivity index (χ2n) is 5.20. The van der Waals surface area contributed by atoms with Crippen molar-refractivity contribution in [2.24, 2.45) is 5.73 Å². The third kappa shape index (κ3) is 1.68. The molecule has 0 atom stereocenters. The Bertz CT molecular complexity index is 649. The monoisotopic (exact) mass is 272 g/mol. The number of nitrogens with zero attached hydrogens (tertiary/aromatic N) is 3. The van der Waals surface area contributed by atoms with E-state index in [4.69, 9.17) is 15.2 Å². The Kier molecular flexibility index (Phi) is 2.63. The van der Waals surface area contributed by atoms with Gasteiger partial charge in [-0.05, 0) is 25.0 Å². The summed E-state index contributed by atoms with van der Waals surface area (Å²) in [7, 11) is 0. The van der Waals surface area contributed by atoms with E-state index in [0.29, 0.717) is 12.5 Å². The lowest BCUT2D eigenvalue weighted by Gasteiger charge is -2.26. The van der Waals surface area contributed by atoms with Crippen LogP contribution in [0.15, 0.2) is 18.2 Å². The van der Waals surface area contributed by atoms with Crippen molar-refractivity contribution in [2.45, 2.75) is 31.7 Å². The van der Waals surface area contributed by atoms with Crippen molar-refractivity contribution >= 4 is 0 Å². The second kappa shape index (κ2) is 4.49. The fraction of sp³-hybridized carbons (Fsp3) is 0.429. The maximum Gasteiger partial charge on any atom is 0.231 e. The average Bonchev–Trinajstić information content (AvgIpc) is 3.02. The molecule has 0 bridgehead atoms. The van der Waals surface area contributed by atoms with Crippen molar-refractivity contribution in [1.82, 2.24) is 15.0 Å². The first-order valence-electron chi connectivity index (χ1n) is 6.91. The van der Waals surface area contributed by atoms with Crippen molar-refractivity contribution in [3.8, 4) is 17.2 Å². The lowest BCUT2D eigenvalue weighted by atomic mass is 9.82. The molecule has 0 unspecified atom stereocenters. The van der Waals surface area contributed by atoms with Gasteiger partial charge in [-0.2, -0.15) is 0 Å². The van der Waals surface area contributed by atoms with E-state index in [2.05, 4.69) is 10.3 Å². The molecule has 2 aromatic rings. The number of hydrogen-bond donors (Lipinski definition) is 1. The van der Waals surface area contributed by atoms with E-state index in [1.165, 1.54) is 19.3 Å². The van der Waals surface area contributed by atoms with E-state index >= 15 is 0 Å². The van der Waals surface area contributed by atoms with Gasteiger partial charge >= 0.3 is 0 Å². The fourth-order valence-corrected chi connectivity index (χ4v) is 2.76. The maximum atomic E-state index is 5.79. The molecule has 2 N–H and O–H groups in total. The number of fused-ring (bicyclic) bond motifs is 1. The van der Waals surface area contributed by atoms with Crippen LogP contribution in [0.3, 0.4) is 0 Å². The highest BCUT2D eigenvalue weighted by Gasteiger charge is 2.28. The van der Waals surface area contributed by atoms with E-state index in [1.54, 1.807) is 0 Å². The highest BCUT2D eigenvalue weighted by atomic mass is 16.7. The molecule has 0 amide bonds. The summed E-state index contributed by atoms with van der Waals surface area (Å²) in [6.45, 7) is 0.704. The predicted octanol–water partition coefficient (Wildman–Crippen LogP) is 1.72. The van der Waals surface area contributed by atoms with Crippen molar-refractivity contribution in [3.05, 3.63) is 29.6 Å². The van der Waals surface area contributed by atoms with Crippen LogP contribution in [0.2, 0.25) is 0 Å². The molecule has 1 aromatic heterocycles. The minimum atomic E-state index is 0.277. The zero-order valence-electron chi connectivity index (χ0n) is 11.1. The summed E-state index contributed by atoms with van der Waals surface area (Å²) in [5.41, 5.74) is 8.78. The Labute approximate surface area is 116 Å². The van der Waals surface area contributed by atoms with Gasteiger partial charge in [0.15, 0.2) is 11.5 Å². The van der Waals surface area contributed by atoms with Crippen LogP contribution < -0.4 is 15.2 Å². The van der Waals surface area contributed by atoms with Crippen molar-refractivity contribution < 1.29 is 9.47 Å². The van der Waals surface area contributed by atoms with E-state index < -0.39 is 0 Å². The van der Waals surface area contributed by atoms with Crippen molar-refractivity contribution in [3.63, 3.8) is 0 Å². The molecule has 1 fully saturated rings. The molecular formula is C14H16N4O2. The van der Waals surface area contributed by atoms with Gasteiger partial charge in [-0.25, -0.2) is 4.68 Å². The van der Waals surface area contributed by atoms with Crippen LogP contribution in [0, 0.1) is 0 Å². The maximum absolute atomic E-state index is 5.79. The predicted molar refractivity (Wildman–Crippen MR) is 72.0 cm³/mol. The first-order valence-corrected chi connectivity index (χ1v) is 6.91. The third-order valence-electron chi connectivity index (χ3n) is 4.06. The summed E-state index contributed by atoms with van der Waals surface area (Å²) in [6, 6.07) is 5.83. The van der Waals surface area contributed by atoms with E-state index in [0.717, 1.165) is 28.6 Å². The molecule has 2 aliphatic rings. The Morgan fingerprint density at radius 1 is 1.25 bits per heavy atom. The van der Waals surface area contributed by atoms with Gasteiger partial charge in [-0.1, -0.05) is 11.6 Å². The van der Waals surface area contributed by atoms with E-state index in [9.17, 15) is 0 Å². The van der Waals surface area contributed by atoms with Crippen LogP contribution >= 0.6 is 0 Å². The SMILES string of the molecule is NCc1nnn(-c2ccc3c(c2)OCO3)c1C1CCC1. The lowest BCUT2D eigenvalue weighted by Crippen LogP contribution is -2.17. The first kappa shape index (κ1) is 11.7. The molecule has 1 aromatic carbocycles. The zero-order chi connectivity index (χ0) is 13.5. The number of nitrogens with two attached hydrogens (primary N) is 1. The molecule has 0 radical (unpaired) electrons. The van der Waals surface area contributed by atoms with Crippen molar-refractivity contribution in [1.29, 1.82) is 0 Å². The molecule has 4 rings (SSSR count).